The van der Waals surface area contributed by atoms with Gasteiger partial charge in [0.2, 0.25) is 5.95 Å². The molecule has 0 aliphatic rings. The summed E-state index contributed by atoms with van der Waals surface area (Å²) in [6, 6.07) is 17.0. The van der Waals surface area contributed by atoms with E-state index in [2.05, 4.69) is 27.5 Å². The number of nitrogens with zero attached hydrogens (tertiary/aromatic N) is 2. The fourth-order valence-corrected chi connectivity index (χ4v) is 2.73. The highest BCUT2D eigenvalue weighted by Crippen LogP contribution is 2.19. The first-order valence-corrected chi connectivity index (χ1v) is 8.79. The number of hydrogen-bond donors (Lipinski definition) is 2. The summed E-state index contributed by atoms with van der Waals surface area (Å²) in [5.74, 6) is 0.908. The average Bonchev–Trinajstić information content (AvgIpc) is 2.73. The molecule has 1 heterocycles. The predicted molar refractivity (Wildman–Crippen MR) is 106 cm³/mol. The topological polar surface area (TPSA) is 76.1 Å². The van der Waals surface area contributed by atoms with Crippen LogP contribution in [-0.4, -0.2) is 23.0 Å². The quantitative estimate of drug-likeness (QED) is 0.666. The van der Waals surface area contributed by atoms with Crippen molar-refractivity contribution in [2.24, 2.45) is 0 Å². The number of anilines is 2. The Morgan fingerprint density at radius 3 is 2.56 bits per heavy atom. The zero-order valence-electron chi connectivity index (χ0n) is 15.4. The van der Waals surface area contributed by atoms with Gasteiger partial charge in [0.1, 0.15) is 11.4 Å². The molecule has 138 valence electrons. The van der Waals surface area contributed by atoms with Crippen LogP contribution < -0.4 is 15.4 Å². The molecule has 0 unspecified atom stereocenters. The van der Waals surface area contributed by atoms with Crippen LogP contribution in [0.1, 0.15) is 28.5 Å². The van der Waals surface area contributed by atoms with E-state index in [-0.39, 0.29) is 5.91 Å². The minimum absolute atomic E-state index is 0.265. The number of carbonyl (C=O) groups excluding carboxylic acids is 1. The fraction of sp³-hybridized carbons (Fsp3) is 0.190. The van der Waals surface area contributed by atoms with E-state index in [9.17, 15) is 4.79 Å². The Morgan fingerprint density at radius 2 is 1.78 bits per heavy atom. The molecule has 0 fully saturated rings. The molecular formula is C21H22N4O2. The van der Waals surface area contributed by atoms with Crippen molar-refractivity contribution in [2.45, 2.75) is 19.9 Å². The Morgan fingerprint density at radius 1 is 1.04 bits per heavy atom. The van der Waals surface area contributed by atoms with Crippen molar-refractivity contribution >= 4 is 17.5 Å². The van der Waals surface area contributed by atoms with Crippen molar-refractivity contribution in [3.63, 3.8) is 0 Å². The van der Waals surface area contributed by atoms with Crippen molar-refractivity contribution in [3.8, 4) is 5.75 Å². The number of benzene rings is 2. The highest BCUT2D eigenvalue weighted by atomic mass is 16.5. The standard InChI is InChI=1S/C21H22N4O2/c1-3-15-8-4-6-10-17(15)24-20(26)18-12-13-22-21(25-18)23-14-16-9-5-7-11-19(16)27-2/h4-13H,3,14H2,1-2H3,(H,24,26)(H,22,23,25). The van der Waals surface area contributed by atoms with E-state index in [0.717, 1.165) is 29.0 Å². The van der Waals surface area contributed by atoms with Crippen molar-refractivity contribution in [3.05, 3.63) is 77.6 Å². The molecule has 1 aromatic heterocycles. The summed E-state index contributed by atoms with van der Waals surface area (Å²) in [6.07, 6.45) is 2.41. The third kappa shape index (κ3) is 4.61. The maximum atomic E-state index is 12.6. The molecular weight excluding hydrogens is 340 g/mol. The molecule has 2 aromatic carbocycles. The van der Waals surface area contributed by atoms with Crippen LogP contribution in [0.2, 0.25) is 0 Å². The summed E-state index contributed by atoms with van der Waals surface area (Å²) in [5, 5.41) is 6.06. The number of carbonyl (C=O) groups is 1. The van der Waals surface area contributed by atoms with Crippen molar-refractivity contribution in [2.75, 3.05) is 17.7 Å². The first-order chi connectivity index (χ1) is 13.2. The van der Waals surface area contributed by atoms with Gasteiger partial charge < -0.3 is 15.4 Å². The van der Waals surface area contributed by atoms with E-state index < -0.39 is 0 Å². The van der Waals surface area contributed by atoms with Gasteiger partial charge in [-0.15, -0.1) is 0 Å². The second kappa shape index (κ2) is 8.80. The van der Waals surface area contributed by atoms with Gasteiger partial charge in [0, 0.05) is 24.0 Å². The van der Waals surface area contributed by atoms with E-state index in [4.69, 9.17) is 4.74 Å². The van der Waals surface area contributed by atoms with Crippen LogP contribution in [0.4, 0.5) is 11.6 Å². The second-order valence-corrected chi connectivity index (χ2v) is 5.90. The van der Waals surface area contributed by atoms with Gasteiger partial charge in [0.05, 0.1) is 7.11 Å². The lowest BCUT2D eigenvalue weighted by Crippen LogP contribution is -2.16. The summed E-state index contributed by atoms with van der Waals surface area (Å²) in [5.41, 5.74) is 3.16. The van der Waals surface area contributed by atoms with Crippen molar-refractivity contribution < 1.29 is 9.53 Å². The molecule has 6 nitrogen and oxygen atoms in total. The number of rotatable bonds is 7. The van der Waals surface area contributed by atoms with E-state index in [1.165, 1.54) is 0 Å². The molecule has 0 radical (unpaired) electrons. The van der Waals surface area contributed by atoms with E-state index in [1.807, 2.05) is 48.5 Å². The lowest BCUT2D eigenvalue weighted by atomic mass is 10.1. The molecule has 0 aliphatic carbocycles. The van der Waals surface area contributed by atoms with Crippen LogP contribution in [0.25, 0.3) is 0 Å². The molecule has 1 amide bonds. The van der Waals surface area contributed by atoms with Gasteiger partial charge >= 0.3 is 0 Å². The van der Waals surface area contributed by atoms with Crippen LogP contribution in [-0.2, 0) is 13.0 Å². The summed E-state index contributed by atoms with van der Waals surface area (Å²) in [6.45, 7) is 2.54. The van der Waals surface area contributed by atoms with E-state index in [0.29, 0.717) is 18.2 Å². The molecule has 0 atom stereocenters. The first-order valence-electron chi connectivity index (χ1n) is 8.79. The highest BCUT2D eigenvalue weighted by Gasteiger charge is 2.11. The Kier molecular flexibility index (Phi) is 5.99. The summed E-state index contributed by atoms with van der Waals surface area (Å²) in [7, 11) is 1.63. The van der Waals surface area contributed by atoms with Gasteiger partial charge in [-0.3, -0.25) is 4.79 Å². The first kappa shape index (κ1) is 18.4. The monoisotopic (exact) mass is 362 g/mol. The number of aromatic nitrogens is 2. The van der Waals surface area contributed by atoms with Gasteiger partial charge in [-0.05, 0) is 30.2 Å². The number of methoxy groups -OCH3 is 1. The van der Waals surface area contributed by atoms with Crippen molar-refractivity contribution in [1.82, 2.24) is 9.97 Å². The lowest BCUT2D eigenvalue weighted by Gasteiger charge is -2.11. The third-order valence-corrected chi connectivity index (χ3v) is 4.16. The number of ether oxygens (including phenoxy) is 1. The minimum atomic E-state index is -0.265. The summed E-state index contributed by atoms with van der Waals surface area (Å²) >= 11 is 0. The smallest absolute Gasteiger partial charge is 0.274 e. The molecule has 0 saturated heterocycles. The SMILES string of the molecule is CCc1ccccc1NC(=O)c1ccnc(NCc2ccccc2OC)n1. The van der Waals surface area contributed by atoms with Gasteiger partial charge in [-0.2, -0.15) is 0 Å². The number of para-hydroxylation sites is 2. The van der Waals surface area contributed by atoms with Gasteiger partial charge in [0.25, 0.3) is 5.91 Å². The van der Waals surface area contributed by atoms with Gasteiger partial charge in [-0.1, -0.05) is 43.3 Å². The van der Waals surface area contributed by atoms with E-state index >= 15 is 0 Å². The van der Waals surface area contributed by atoms with Crippen molar-refractivity contribution in [1.29, 1.82) is 0 Å². The molecule has 0 bridgehead atoms. The summed E-state index contributed by atoms with van der Waals surface area (Å²) < 4.78 is 5.34. The normalized spacial score (nSPS) is 10.3. The zero-order chi connectivity index (χ0) is 19.1. The van der Waals surface area contributed by atoms with Gasteiger partial charge in [-0.25, -0.2) is 9.97 Å². The molecule has 6 heteroatoms. The fourth-order valence-electron chi connectivity index (χ4n) is 2.73. The maximum Gasteiger partial charge on any atom is 0.274 e. The average molecular weight is 362 g/mol. The summed E-state index contributed by atoms with van der Waals surface area (Å²) in [4.78, 5) is 21.1. The minimum Gasteiger partial charge on any atom is -0.496 e. The predicted octanol–water partition coefficient (Wildman–Crippen LogP) is 3.91. The second-order valence-electron chi connectivity index (χ2n) is 5.90. The van der Waals surface area contributed by atoms with Crippen LogP contribution in [0.3, 0.4) is 0 Å². The van der Waals surface area contributed by atoms with E-state index in [1.54, 1.807) is 19.4 Å². The lowest BCUT2D eigenvalue weighted by molar-refractivity contribution is 0.102. The van der Waals surface area contributed by atoms with Gasteiger partial charge in [0.15, 0.2) is 0 Å². The maximum absolute atomic E-state index is 12.6. The molecule has 27 heavy (non-hydrogen) atoms. The Bertz CT molecular complexity index is 927. The van der Waals surface area contributed by atoms with Crippen LogP contribution >= 0.6 is 0 Å². The molecule has 3 rings (SSSR count). The Balaban J connectivity index is 1.70. The molecule has 0 aliphatic heterocycles. The third-order valence-electron chi connectivity index (χ3n) is 4.16. The molecule has 2 N–H and O–H groups in total. The number of amides is 1. The number of hydrogen-bond acceptors (Lipinski definition) is 5. The Hall–Kier alpha value is -3.41. The number of nitrogens with one attached hydrogen (secondary N) is 2. The highest BCUT2D eigenvalue weighted by molar-refractivity contribution is 6.03. The Labute approximate surface area is 158 Å². The van der Waals surface area contributed by atoms with Crippen LogP contribution in [0, 0.1) is 0 Å². The number of aryl methyl sites for hydroxylation is 1. The van der Waals surface area contributed by atoms with Crippen LogP contribution in [0.5, 0.6) is 5.75 Å². The zero-order valence-corrected chi connectivity index (χ0v) is 15.4. The molecule has 3 aromatic rings. The molecule has 0 spiro atoms. The molecule has 0 saturated carbocycles. The largest absolute Gasteiger partial charge is 0.496 e. The van der Waals surface area contributed by atoms with Crippen LogP contribution in [0.15, 0.2) is 60.8 Å².